The smallest absolute Gasteiger partial charge is 0.323 e. The lowest BCUT2D eigenvalue weighted by Gasteiger charge is -2.20. The monoisotopic (exact) mass is 903 g/mol. The zero-order chi connectivity index (χ0) is 45.8. The Balaban J connectivity index is 1.19. The molecule has 0 unspecified atom stereocenters. The maximum absolute atomic E-state index is 11.8. The van der Waals surface area contributed by atoms with Crippen LogP contribution < -0.4 is 24.3 Å². The Hall–Kier alpha value is -6.53. The molecule has 0 saturated carbocycles. The van der Waals surface area contributed by atoms with Crippen LogP contribution in [0.3, 0.4) is 0 Å². The molecule has 2 heterocycles. The summed E-state index contributed by atoms with van der Waals surface area (Å²) >= 11 is 13.4. The maximum atomic E-state index is 11.8. The lowest BCUT2D eigenvalue weighted by atomic mass is 9.92. The van der Waals surface area contributed by atoms with E-state index < -0.39 is 18.1 Å². The van der Waals surface area contributed by atoms with Gasteiger partial charge in [-0.3, -0.25) is 25.1 Å². The predicted octanol–water partition coefficient (Wildman–Crippen LogP) is 8.72. The molecule has 2 atom stereocenters. The minimum Gasteiger partial charge on any atom is -0.488 e. The number of aromatic nitrogens is 2. The van der Waals surface area contributed by atoms with E-state index >= 15 is 0 Å². The molecule has 0 radical (unpaired) electrons. The summed E-state index contributed by atoms with van der Waals surface area (Å²) in [6, 6.07) is 23.1. The Kier molecular flexibility index (Phi) is 16.3. The Bertz CT molecular complexity index is 2690. The lowest BCUT2D eigenvalue weighted by Crippen LogP contribution is -2.44. The third-order valence-electron chi connectivity index (χ3n) is 10.4. The SMILES string of the molecule is C/N=C/c1cncc(COc2cc(OCc3cccc(-c4cccc(COc5cc(OCc6cncc(C#N)c6)c(CO)cc5Cl)c4C)c3C)c(Cl)cc2CN[C@H](C(=O)O)[C@H](C)O)c1. The highest BCUT2D eigenvalue weighted by Gasteiger charge is 2.24. The van der Waals surface area contributed by atoms with Crippen LogP contribution >= 0.6 is 23.2 Å². The van der Waals surface area contributed by atoms with Crippen LogP contribution in [0.15, 0.2) is 103 Å². The van der Waals surface area contributed by atoms with Crippen LogP contribution in [0.4, 0.5) is 0 Å². The largest absolute Gasteiger partial charge is 0.488 e. The van der Waals surface area contributed by atoms with Gasteiger partial charge in [-0.15, -0.1) is 0 Å². The number of aliphatic hydroxyl groups excluding tert-OH is 2. The van der Waals surface area contributed by atoms with Crippen LogP contribution in [0, 0.1) is 25.2 Å². The second kappa shape index (κ2) is 22.2. The number of pyridine rings is 2. The lowest BCUT2D eigenvalue weighted by molar-refractivity contribution is -0.142. The maximum Gasteiger partial charge on any atom is 0.323 e. The molecule has 15 heteroatoms. The minimum absolute atomic E-state index is 0.0412. The van der Waals surface area contributed by atoms with E-state index in [-0.39, 0.29) is 39.6 Å². The van der Waals surface area contributed by atoms with Gasteiger partial charge in [-0.2, -0.15) is 5.26 Å². The number of benzene rings is 4. The summed E-state index contributed by atoms with van der Waals surface area (Å²) in [6.45, 7) is 5.86. The number of carboxylic acids is 1. The zero-order valence-corrected chi connectivity index (χ0v) is 37.2. The van der Waals surface area contributed by atoms with Gasteiger partial charge in [0, 0.05) is 84.5 Å². The van der Waals surface area contributed by atoms with Gasteiger partial charge in [0.25, 0.3) is 0 Å². The summed E-state index contributed by atoms with van der Waals surface area (Å²) in [5.74, 6) is 0.353. The second-order valence-corrected chi connectivity index (χ2v) is 15.7. The molecule has 0 aliphatic rings. The summed E-state index contributed by atoms with van der Waals surface area (Å²) in [5, 5.41) is 42.4. The predicted molar refractivity (Wildman–Crippen MR) is 244 cm³/mol. The van der Waals surface area contributed by atoms with Gasteiger partial charge in [0.1, 0.15) is 61.5 Å². The standard InChI is InChI=1S/C49H47Cl2N5O8/c1-29-36(27-63-46-15-44(61-26-35-12-33(18-53-4)20-55-22-35)38(13-42(46)50)23-56-48(31(3)58)49(59)60)7-5-9-40(29)41-10-6-8-37(30(41)2)28-64-47-16-45(39(24-57)14-43(47)51)62-25-34-11-32(17-52)19-54-21-34/h5-16,18-22,31,48,56-58H,23-28H2,1-4H3,(H,59,60)/b53-18+/t31-,48-/m0/s1. The number of carboxylic acid groups (broad SMARTS) is 1. The van der Waals surface area contributed by atoms with E-state index in [2.05, 4.69) is 38.5 Å². The number of rotatable bonds is 20. The quantitative estimate of drug-likeness (QED) is 0.0535. The van der Waals surface area contributed by atoms with Crippen molar-refractivity contribution in [2.45, 2.75) is 72.5 Å². The summed E-state index contributed by atoms with van der Waals surface area (Å²) in [4.78, 5) is 24.2. The van der Waals surface area contributed by atoms with Gasteiger partial charge in [-0.25, -0.2) is 0 Å². The van der Waals surface area contributed by atoms with E-state index in [0.717, 1.165) is 44.5 Å². The molecule has 2 aromatic heterocycles. The molecule has 0 aliphatic heterocycles. The second-order valence-electron chi connectivity index (χ2n) is 14.9. The molecule has 6 rings (SSSR count). The molecular weight excluding hydrogens is 857 g/mol. The fraction of sp³-hybridized carbons (Fsp3) is 0.245. The average Bonchev–Trinajstić information content (AvgIpc) is 3.28. The summed E-state index contributed by atoms with van der Waals surface area (Å²) < 4.78 is 24.9. The Labute approximate surface area is 381 Å². The molecule has 0 amide bonds. The van der Waals surface area contributed by atoms with Crippen LogP contribution in [0.25, 0.3) is 11.1 Å². The highest BCUT2D eigenvalue weighted by atomic mass is 35.5. The molecule has 4 N–H and O–H groups in total. The average molecular weight is 905 g/mol. The van der Waals surface area contributed by atoms with Crippen molar-refractivity contribution in [2.24, 2.45) is 4.99 Å². The van der Waals surface area contributed by atoms with Crippen LogP contribution in [-0.2, 0) is 44.4 Å². The fourth-order valence-electron chi connectivity index (χ4n) is 6.92. The number of aliphatic hydroxyl groups is 2. The molecular formula is C49H47Cl2N5O8. The van der Waals surface area contributed by atoms with Gasteiger partial charge in [0.2, 0.25) is 0 Å². The van der Waals surface area contributed by atoms with E-state index in [9.17, 15) is 25.4 Å². The molecule has 0 fully saturated rings. The van der Waals surface area contributed by atoms with Gasteiger partial charge in [-0.05, 0) is 78.4 Å². The topological polar surface area (TPSA) is 189 Å². The van der Waals surface area contributed by atoms with Crippen LogP contribution in [0.5, 0.6) is 23.0 Å². The van der Waals surface area contributed by atoms with E-state index in [1.807, 2.05) is 44.2 Å². The van der Waals surface area contributed by atoms with Crippen molar-refractivity contribution >= 4 is 35.4 Å². The first kappa shape index (κ1) is 47.0. The highest BCUT2D eigenvalue weighted by Crippen LogP contribution is 2.37. The normalized spacial score (nSPS) is 12.1. The molecule has 6 aromatic rings. The first-order valence-electron chi connectivity index (χ1n) is 20.2. The number of nitriles is 1. The third kappa shape index (κ3) is 11.9. The van der Waals surface area contributed by atoms with Gasteiger partial charge in [-0.1, -0.05) is 59.6 Å². The fourth-order valence-corrected chi connectivity index (χ4v) is 7.40. The number of nitrogens with zero attached hydrogens (tertiary/aromatic N) is 4. The van der Waals surface area contributed by atoms with Crippen molar-refractivity contribution in [3.63, 3.8) is 0 Å². The van der Waals surface area contributed by atoms with Crippen LogP contribution in [0.1, 0.15) is 62.6 Å². The number of aliphatic imine (C=N–C) groups is 1. The number of hydrogen-bond acceptors (Lipinski definition) is 12. The number of hydrogen-bond donors (Lipinski definition) is 4. The number of aliphatic carboxylic acids is 1. The van der Waals surface area contributed by atoms with E-state index in [0.29, 0.717) is 55.3 Å². The molecule has 0 spiro atoms. The Morgan fingerprint density at radius 3 is 1.83 bits per heavy atom. The van der Waals surface area contributed by atoms with Crippen molar-refractivity contribution in [3.8, 4) is 40.2 Å². The number of carbonyl (C=O) groups is 1. The summed E-state index contributed by atoms with van der Waals surface area (Å²) in [7, 11) is 1.68. The van der Waals surface area contributed by atoms with Gasteiger partial charge >= 0.3 is 5.97 Å². The molecule has 64 heavy (non-hydrogen) atoms. The van der Waals surface area contributed by atoms with Gasteiger partial charge < -0.3 is 34.3 Å². The number of halogens is 2. The summed E-state index contributed by atoms with van der Waals surface area (Å²) in [5.41, 5.74) is 9.62. The van der Waals surface area contributed by atoms with Gasteiger partial charge in [0.05, 0.1) is 28.3 Å². The Morgan fingerprint density at radius 1 is 0.766 bits per heavy atom. The molecule has 13 nitrogen and oxygen atoms in total. The minimum atomic E-state index is -1.22. The van der Waals surface area contributed by atoms with Crippen LogP contribution in [-0.4, -0.2) is 56.7 Å². The van der Waals surface area contributed by atoms with Crippen LogP contribution in [0.2, 0.25) is 10.0 Å². The number of ether oxygens (including phenoxy) is 4. The first-order chi connectivity index (χ1) is 30.9. The third-order valence-corrected chi connectivity index (χ3v) is 11.0. The summed E-state index contributed by atoms with van der Waals surface area (Å²) in [6.07, 6.45) is 7.00. The molecule has 330 valence electrons. The molecule has 0 saturated heterocycles. The zero-order valence-electron chi connectivity index (χ0n) is 35.6. The van der Waals surface area contributed by atoms with Crippen molar-refractivity contribution < 1.29 is 39.1 Å². The van der Waals surface area contributed by atoms with Crippen molar-refractivity contribution in [2.75, 3.05) is 7.05 Å². The molecule has 0 bridgehead atoms. The number of nitrogens with one attached hydrogen (secondary N) is 1. The van der Waals surface area contributed by atoms with Crippen molar-refractivity contribution in [1.29, 1.82) is 5.26 Å². The van der Waals surface area contributed by atoms with E-state index in [1.54, 1.807) is 62.2 Å². The first-order valence-corrected chi connectivity index (χ1v) is 20.9. The highest BCUT2D eigenvalue weighted by molar-refractivity contribution is 6.32. The molecule has 0 aliphatic carbocycles. The van der Waals surface area contributed by atoms with E-state index in [4.69, 9.17) is 42.1 Å². The molecule has 4 aromatic carbocycles. The van der Waals surface area contributed by atoms with Crippen molar-refractivity contribution in [1.82, 2.24) is 15.3 Å². The van der Waals surface area contributed by atoms with E-state index in [1.165, 1.54) is 13.1 Å². The van der Waals surface area contributed by atoms with Gasteiger partial charge in [0.15, 0.2) is 0 Å². The Morgan fingerprint density at radius 2 is 1.30 bits per heavy atom. The van der Waals surface area contributed by atoms with Crippen molar-refractivity contribution in [3.05, 3.63) is 163 Å².